The molecule has 2 aromatic carbocycles. The van der Waals surface area contributed by atoms with Gasteiger partial charge in [-0.3, -0.25) is 9.59 Å². The molecule has 0 atom stereocenters. The number of amides is 1. The van der Waals surface area contributed by atoms with Gasteiger partial charge in [0, 0.05) is 33.4 Å². The van der Waals surface area contributed by atoms with Crippen molar-refractivity contribution in [3.63, 3.8) is 0 Å². The lowest BCUT2D eigenvalue weighted by atomic mass is 10.1. The summed E-state index contributed by atoms with van der Waals surface area (Å²) in [6.45, 7) is 1.53. The van der Waals surface area contributed by atoms with E-state index in [0.29, 0.717) is 15.8 Å². The Morgan fingerprint density at radius 3 is 2.52 bits per heavy atom. The molecule has 0 aliphatic heterocycles. The van der Waals surface area contributed by atoms with E-state index in [4.69, 9.17) is 12.2 Å². The summed E-state index contributed by atoms with van der Waals surface area (Å²) in [6.07, 6.45) is 1.65. The average Bonchev–Trinajstić information content (AvgIpc) is 3.20. The number of benzene rings is 2. The number of thiazole rings is 1. The van der Waals surface area contributed by atoms with Crippen LogP contribution in [0.15, 0.2) is 65.0 Å². The Morgan fingerprint density at radius 2 is 1.83 bits per heavy atom. The number of thioether (sulfide) groups is 1. The molecule has 1 aromatic heterocycles. The number of hydrogen-bond acceptors (Lipinski definition) is 6. The van der Waals surface area contributed by atoms with Gasteiger partial charge in [0.05, 0.1) is 5.75 Å². The SMILES string of the molecule is CC(=O)c1ccc(NC(=S)Nc2cccc(SCC(=O)Nc3nccs3)c2)cc1. The van der Waals surface area contributed by atoms with Crippen molar-refractivity contribution in [1.29, 1.82) is 0 Å². The summed E-state index contributed by atoms with van der Waals surface area (Å²) in [6, 6.07) is 14.8. The van der Waals surface area contributed by atoms with Gasteiger partial charge >= 0.3 is 0 Å². The van der Waals surface area contributed by atoms with Crippen molar-refractivity contribution in [1.82, 2.24) is 4.98 Å². The Kier molecular flexibility index (Phi) is 7.34. The second-order valence-electron chi connectivity index (χ2n) is 5.91. The van der Waals surface area contributed by atoms with Crippen LogP contribution in [0.2, 0.25) is 0 Å². The van der Waals surface area contributed by atoms with Crippen LogP contribution in [0.5, 0.6) is 0 Å². The van der Waals surface area contributed by atoms with Crippen LogP contribution >= 0.6 is 35.3 Å². The van der Waals surface area contributed by atoms with E-state index in [1.165, 1.54) is 30.0 Å². The highest BCUT2D eigenvalue weighted by Crippen LogP contribution is 2.22. The van der Waals surface area contributed by atoms with E-state index < -0.39 is 0 Å². The Balaban J connectivity index is 1.51. The van der Waals surface area contributed by atoms with Crippen molar-refractivity contribution in [3.05, 3.63) is 65.7 Å². The molecule has 29 heavy (non-hydrogen) atoms. The molecule has 0 spiro atoms. The summed E-state index contributed by atoms with van der Waals surface area (Å²) in [7, 11) is 0. The number of Topliss-reactive ketones (excluding diaryl/α,β-unsaturated/α-hetero) is 1. The number of anilines is 3. The number of thiocarbonyl (C=S) groups is 1. The molecule has 0 fully saturated rings. The Labute approximate surface area is 182 Å². The maximum Gasteiger partial charge on any atom is 0.236 e. The third-order valence-corrected chi connectivity index (χ3v) is 5.58. The number of rotatable bonds is 7. The molecule has 0 saturated heterocycles. The predicted octanol–water partition coefficient (Wildman–Crippen LogP) is 4.89. The molecule has 0 saturated carbocycles. The van der Waals surface area contributed by atoms with Crippen molar-refractivity contribution in [2.75, 3.05) is 21.7 Å². The lowest BCUT2D eigenvalue weighted by Crippen LogP contribution is -2.19. The minimum atomic E-state index is -0.102. The summed E-state index contributed by atoms with van der Waals surface area (Å²) in [5, 5.41) is 11.8. The molecule has 3 rings (SSSR count). The Morgan fingerprint density at radius 1 is 1.07 bits per heavy atom. The van der Waals surface area contributed by atoms with E-state index in [0.717, 1.165) is 16.3 Å². The molecule has 3 N–H and O–H groups in total. The summed E-state index contributed by atoms with van der Waals surface area (Å²) in [4.78, 5) is 28.3. The Bertz CT molecular complexity index is 1000. The first-order chi connectivity index (χ1) is 14.0. The van der Waals surface area contributed by atoms with Gasteiger partial charge < -0.3 is 16.0 Å². The number of hydrogen-bond donors (Lipinski definition) is 3. The van der Waals surface area contributed by atoms with Crippen LogP contribution in [0.1, 0.15) is 17.3 Å². The third-order valence-electron chi connectivity index (χ3n) is 3.69. The largest absolute Gasteiger partial charge is 0.332 e. The van der Waals surface area contributed by atoms with E-state index >= 15 is 0 Å². The molecule has 3 aromatic rings. The molecule has 9 heteroatoms. The van der Waals surface area contributed by atoms with Crippen LogP contribution in [0.25, 0.3) is 0 Å². The third kappa shape index (κ3) is 6.67. The van der Waals surface area contributed by atoms with Gasteiger partial charge in [-0.1, -0.05) is 6.07 Å². The molecule has 0 unspecified atom stereocenters. The van der Waals surface area contributed by atoms with Gasteiger partial charge in [0.2, 0.25) is 5.91 Å². The first kappa shape index (κ1) is 21.0. The molecule has 0 aliphatic carbocycles. The van der Waals surface area contributed by atoms with Crippen LogP contribution in [0.4, 0.5) is 16.5 Å². The van der Waals surface area contributed by atoms with Gasteiger partial charge in [-0.15, -0.1) is 23.1 Å². The number of carbonyl (C=O) groups is 2. The smallest absolute Gasteiger partial charge is 0.236 e. The first-order valence-electron chi connectivity index (χ1n) is 8.61. The van der Waals surface area contributed by atoms with Crippen LogP contribution < -0.4 is 16.0 Å². The highest BCUT2D eigenvalue weighted by molar-refractivity contribution is 8.00. The summed E-state index contributed by atoms with van der Waals surface area (Å²) in [5.74, 6) is 0.204. The van der Waals surface area contributed by atoms with E-state index in [2.05, 4.69) is 20.9 Å². The lowest BCUT2D eigenvalue weighted by Gasteiger charge is -2.12. The number of aromatic nitrogens is 1. The molecule has 0 radical (unpaired) electrons. The Hall–Kier alpha value is -2.75. The van der Waals surface area contributed by atoms with Gasteiger partial charge in [-0.2, -0.15) is 0 Å². The van der Waals surface area contributed by atoms with E-state index in [1.54, 1.807) is 30.5 Å². The zero-order valence-corrected chi connectivity index (χ0v) is 17.9. The predicted molar refractivity (Wildman–Crippen MR) is 124 cm³/mol. The molecule has 0 bridgehead atoms. The van der Waals surface area contributed by atoms with E-state index in [1.807, 2.05) is 29.6 Å². The van der Waals surface area contributed by atoms with Gasteiger partial charge in [0.25, 0.3) is 0 Å². The number of carbonyl (C=O) groups excluding carboxylic acids is 2. The highest BCUT2D eigenvalue weighted by Gasteiger charge is 2.07. The monoisotopic (exact) mass is 442 g/mol. The van der Waals surface area contributed by atoms with Gasteiger partial charge in [-0.25, -0.2) is 4.98 Å². The molecule has 1 heterocycles. The molecule has 6 nitrogen and oxygen atoms in total. The average molecular weight is 443 g/mol. The van der Waals surface area contributed by atoms with Crippen LogP contribution in [-0.4, -0.2) is 27.5 Å². The second-order valence-corrected chi connectivity index (χ2v) is 8.27. The lowest BCUT2D eigenvalue weighted by molar-refractivity contribution is -0.113. The summed E-state index contributed by atoms with van der Waals surface area (Å²) in [5.41, 5.74) is 2.25. The van der Waals surface area contributed by atoms with Crippen molar-refractivity contribution in [2.45, 2.75) is 11.8 Å². The number of nitrogens with zero attached hydrogens (tertiary/aromatic N) is 1. The topological polar surface area (TPSA) is 83.1 Å². The van der Waals surface area contributed by atoms with Gasteiger partial charge in [0.1, 0.15) is 0 Å². The summed E-state index contributed by atoms with van der Waals surface area (Å²) >= 11 is 8.16. The van der Waals surface area contributed by atoms with Crippen LogP contribution in [0, 0.1) is 0 Å². The minimum absolute atomic E-state index is 0.0203. The fourth-order valence-electron chi connectivity index (χ4n) is 2.33. The normalized spacial score (nSPS) is 10.2. The molecular weight excluding hydrogens is 424 g/mol. The maximum absolute atomic E-state index is 12.0. The van der Waals surface area contributed by atoms with E-state index in [9.17, 15) is 9.59 Å². The molecular formula is C20H18N4O2S3. The molecule has 1 amide bonds. The van der Waals surface area contributed by atoms with Gasteiger partial charge in [-0.05, 0) is 61.6 Å². The molecule has 0 aliphatic rings. The highest BCUT2D eigenvalue weighted by atomic mass is 32.2. The molecule has 148 valence electrons. The van der Waals surface area contributed by atoms with Crippen LogP contribution in [0.3, 0.4) is 0 Å². The first-order valence-corrected chi connectivity index (χ1v) is 10.9. The van der Waals surface area contributed by atoms with Crippen molar-refractivity contribution < 1.29 is 9.59 Å². The fraction of sp³-hybridized carbons (Fsp3) is 0.100. The van der Waals surface area contributed by atoms with Crippen molar-refractivity contribution in [3.8, 4) is 0 Å². The number of ketones is 1. The zero-order valence-electron chi connectivity index (χ0n) is 15.5. The maximum atomic E-state index is 12.0. The zero-order chi connectivity index (χ0) is 20.6. The van der Waals surface area contributed by atoms with Crippen LogP contribution in [-0.2, 0) is 4.79 Å². The second kappa shape index (κ2) is 10.1. The van der Waals surface area contributed by atoms with Crippen molar-refractivity contribution >= 4 is 68.6 Å². The summed E-state index contributed by atoms with van der Waals surface area (Å²) < 4.78 is 0. The minimum Gasteiger partial charge on any atom is -0.332 e. The van der Waals surface area contributed by atoms with Crippen molar-refractivity contribution in [2.24, 2.45) is 0 Å². The van der Waals surface area contributed by atoms with E-state index in [-0.39, 0.29) is 17.4 Å². The standard InChI is InChI=1S/C20H18N4O2S3/c1-13(25)14-5-7-15(8-6-14)22-19(27)23-16-3-2-4-17(11-16)29-12-18(26)24-20-21-9-10-28-20/h2-11H,12H2,1H3,(H,21,24,26)(H2,22,23,27). The quantitative estimate of drug-likeness (QED) is 0.273. The fourth-order valence-corrected chi connectivity index (χ4v) is 3.87. The number of nitrogens with one attached hydrogen (secondary N) is 3. The van der Waals surface area contributed by atoms with Gasteiger partial charge in [0.15, 0.2) is 16.0 Å².